The molecule has 0 spiro atoms. The summed E-state index contributed by atoms with van der Waals surface area (Å²) < 4.78 is 2.14. The van der Waals surface area contributed by atoms with Gasteiger partial charge in [0, 0.05) is 11.6 Å². The van der Waals surface area contributed by atoms with E-state index in [2.05, 4.69) is 14.8 Å². The summed E-state index contributed by atoms with van der Waals surface area (Å²) in [4.78, 5) is 0. The van der Waals surface area contributed by atoms with E-state index in [0.717, 1.165) is 17.2 Å². The third-order valence-electron chi connectivity index (χ3n) is 3.06. The van der Waals surface area contributed by atoms with E-state index in [0.29, 0.717) is 11.7 Å². The molecule has 5 nitrogen and oxygen atoms in total. The molecule has 2 aromatic rings. The molecule has 0 amide bonds. The molecule has 0 aliphatic heterocycles. The molecule has 1 aromatic carbocycles. The Morgan fingerprint density at radius 3 is 2.76 bits per heavy atom. The molecule has 88 valence electrons. The highest BCUT2D eigenvalue weighted by Crippen LogP contribution is 2.39. The van der Waals surface area contributed by atoms with Crippen molar-refractivity contribution in [2.24, 2.45) is 0 Å². The molecule has 0 radical (unpaired) electrons. The van der Waals surface area contributed by atoms with Crippen LogP contribution in [-0.2, 0) is 0 Å². The highest BCUT2D eigenvalue weighted by Gasteiger charge is 2.28. The summed E-state index contributed by atoms with van der Waals surface area (Å²) in [6.45, 7) is 1.96. The van der Waals surface area contributed by atoms with Crippen LogP contribution in [0.5, 0.6) is 5.75 Å². The zero-order valence-electron chi connectivity index (χ0n) is 9.59. The quantitative estimate of drug-likeness (QED) is 0.610. The smallest absolute Gasteiger partial charge is 0.164 e. The van der Waals surface area contributed by atoms with Crippen molar-refractivity contribution in [2.45, 2.75) is 25.8 Å². The monoisotopic (exact) mass is 230 g/mol. The zero-order valence-corrected chi connectivity index (χ0v) is 9.59. The van der Waals surface area contributed by atoms with Gasteiger partial charge in [-0.15, -0.1) is 10.2 Å². The van der Waals surface area contributed by atoms with E-state index < -0.39 is 0 Å². The highest BCUT2D eigenvalue weighted by atomic mass is 16.3. The molecule has 0 atom stereocenters. The maximum atomic E-state index is 9.42. The first-order chi connectivity index (χ1) is 8.16. The van der Waals surface area contributed by atoms with E-state index in [4.69, 9.17) is 5.73 Å². The Balaban J connectivity index is 2.11. The number of phenolic OH excluding ortho intramolecular Hbond substituents is 1. The number of nitrogen functional groups attached to an aromatic ring is 1. The summed E-state index contributed by atoms with van der Waals surface area (Å²) in [5.74, 6) is 1.86. The maximum Gasteiger partial charge on any atom is 0.164 e. The topological polar surface area (TPSA) is 77.0 Å². The van der Waals surface area contributed by atoms with Crippen molar-refractivity contribution in [3.05, 3.63) is 24.0 Å². The van der Waals surface area contributed by atoms with Gasteiger partial charge < -0.3 is 15.4 Å². The normalized spacial score (nSPS) is 15.1. The third-order valence-corrected chi connectivity index (χ3v) is 3.06. The first kappa shape index (κ1) is 10.1. The van der Waals surface area contributed by atoms with Crippen LogP contribution in [0.1, 0.15) is 24.7 Å². The molecule has 1 heterocycles. The molecule has 17 heavy (non-hydrogen) atoms. The largest absolute Gasteiger partial charge is 0.506 e. The summed E-state index contributed by atoms with van der Waals surface area (Å²) in [5.41, 5.74) is 6.96. The van der Waals surface area contributed by atoms with Crippen molar-refractivity contribution in [3.8, 4) is 17.1 Å². The minimum absolute atomic E-state index is 0.1000. The van der Waals surface area contributed by atoms with Crippen LogP contribution in [0.25, 0.3) is 11.4 Å². The fourth-order valence-electron chi connectivity index (χ4n) is 2.03. The van der Waals surface area contributed by atoms with Gasteiger partial charge >= 0.3 is 0 Å². The molecule has 3 rings (SSSR count). The van der Waals surface area contributed by atoms with Crippen molar-refractivity contribution in [3.63, 3.8) is 0 Å². The number of hydrogen-bond donors (Lipinski definition) is 2. The molecule has 1 saturated carbocycles. The first-order valence-electron chi connectivity index (χ1n) is 5.67. The number of aromatic nitrogens is 3. The molecule has 0 saturated heterocycles. The van der Waals surface area contributed by atoms with Crippen LogP contribution in [0.15, 0.2) is 18.2 Å². The van der Waals surface area contributed by atoms with Gasteiger partial charge in [0.2, 0.25) is 0 Å². The lowest BCUT2D eigenvalue weighted by Gasteiger charge is -2.07. The van der Waals surface area contributed by atoms with Crippen molar-refractivity contribution < 1.29 is 5.11 Å². The predicted octanol–water partition coefficient (Wildman–Crippen LogP) is 1.88. The van der Waals surface area contributed by atoms with Gasteiger partial charge in [-0.1, -0.05) is 0 Å². The predicted molar refractivity (Wildman–Crippen MR) is 64.5 cm³/mol. The SMILES string of the molecule is Cc1nnc(-c2ccc(O)c(N)c2)n1C1CC1. The Hall–Kier alpha value is -2.04. The Kier molecular flexibility index (Phi) is 2.07. The highest BCUT2D eigenvalue weighted by molar-refractivity contribution is 5.66. The first-order valence-corrected chi connectivity index (χ1v) is 5.67. The standard InChI is InChI=1S/C12H14N4O/c1-7-14-15-12(16(7)9-3-4-9)8-2-5-11(17)10(13)6-8/h2,5-6,9,17H,3-4,13H2,1H3. The number of aromatic hydroxyl groups is 1. The van der Waals surface area contributed by atoms with Crippen LogP contribution in [0, 0.1) is 6.92 Å². The number of phenols is 1. The second-order valence-electron chi connectivity index (χ2n) is 4.45. The number of aryl methyl sites for hydroxylation is 1. The summed E-state index contributed by atoms with van der Waals surface area (Å²) in [7, 11) is 0. The van der Waals surface area contributed by atoms with E-state index in [1.54, 1.807) is 12.1 Å². The minimum atomic E-state index is 0.1000. The number of nitrogens with two attached hydrogens (primary N) is 1. The van der Waals surface area contributed by atoms with Gasteiger partial charge in [-0.25, -0.2) is 0 Å². The Labute approximate surface area is 98.9 Å². The molecular formula is C12H14N4O. The fraction of sp³-hybridized carbons (Fsp3) is 0.333. The number of hydrogen-bond acceptors (Lipinski definition) is 4. The van der Waals surface area contributed by atoms with E-state index in [9.17, 15) is 5.11 Å². The van der Waals surface area contributed by atoms with E-state index in [1.807, 2.05) is 13.0 Å². The Bertz CT molecular complexity index is 572. The summed E-state index contributed by atoms with van der Waals surface area (Å²) in [6, 6.07) is 5.66. The lowest BCUT2D eigenvalue weighted by molar-refractivity contribution is 0.478. The van der Waals surface area contributed by atoms with E-state index >= 15 is 0 Å². The molecule has 1 fully saturated rings. The number of rotatable bonds is 2. The summed E-state index contributed by atoms with van der Waals surface area (Å²) in [6.07, 6.45) is 2.36. The molecule has 0 unspecified atom stereocenters. The lowest BCUT2D eigenvalue weighted by atomic mass is 10.1. The van der Waals surface area contributed by atoms with Crippen LogP contribution in [-0.4, -0.2) is 19.9 Å². The van der Waals surface area contributed by atoms with Crippen molar-refractivity contribution in [2.75, 3.05) is 5.73 Å². The average Bonchev–Trinajstić information content (AvgIpc) is 3.06. The molecule has 1 aliphatic carbocycles. The molecule has 3 N–H and O–H groups in total. The van der Waals surface area contributed by atoms with Gasteiger partial charge in [-0.3, -0.25) is 0 Å². The van der Waals surface area contributed by atoms with Crippen molar-refractivity contribution >= 4 is 5.69 Å². The molecule has 1 aromatic heterocycles. The van der Waals surface area contributed by atoms with Gasteiger partial charge in [0.1, 0.15) is 11.6 Å². The van der Waals surface area contributed by atoms with E-state index in [-0.39, 0.29) is 5.75 Å². The minimum Gasteiger partial charge on any atom is -0.506 e. The molecule has 5 heteroatoms. The second kappa shape index (κ2) is 3.48. The Morgan fingerprint density at radius 1 is 1.35 bits per heavy atom. The van der Waals surface area contributed by atoms with E-state index in [1.165, 1.54) is 12.8 Å². The molecule has 0 bridgehead atoms. The van der Waals surface area contributed by atoms with Gasteiger partial charge in [-0.05, 0) is 38.0 Å². The fourth-order valence-corrected chi connectivity index (χ4v) is 2.03. The molecular weight excluding hydrogens is 216 g/mol. The van der Waals surface area contributed by atoms with Gasteiger partial charge in [0.25, 0.3) is 0 Å². The average molecular weight is 230 g/mol. The van der Waals surface area contributed by atoms with Crippen LogP contribution in [0.4, 0.5) is 5.69 Å². The van der Waals surface area contributed by atoms with Gasteiger partial charge in [0.15, 0.2) is 5.82 Å². The van der Waals surface area contributed by atoms with Crippen LogP contribution >= 0.6 is 0 Å². The van der Waals surface area contributed by atoms with Crippen LogP contribution in [0.3, 0.4) is 0 Å². The lowest BCUT2D eigenvalue weighted by Crippen LogP contribution is -2.00. The number of benzene rings is 1. The van der Waals surface area contributed by atoms with Gasteiger partial charge in [0.05, 0.1) is 5.69 Å². The maximum absolute atomic E-state index is 9.42. The summed E-state index contributed by atoms with van der Waals surface area (Å²) >= 11 is 0. The van der Waals surface area contributed by atoms with Crippen molar-refractivity contribution in [1.29, 1.82) is 0 Å². The molecule has 1 aliphatic rings. The van der Waals surface area contributed by atoms with Crippen LogP contribution in [0.2, 0.25) is 0 Å². The second-order valence-corrected chi connectivity index (χ2v) is 4.45. The van der Waals surface area contributed by atoms with Crippen molar-refractivity contribution in [1.82, 2.24) is 14.8 Å². The number of anilines is 1. The van der Waals surface area contributed by atoms with Crippen LogP contribution < -0.4 is 5.73 Å². The van der Waals surface area contributed by atoms with Gasteiger partial charge in [-0.2, -0.15) is 0 Å². The summed E-state index contributed by atoms with van der Waals surface area (Å²) in [5, 5.41) is 17.7. The number of nitrogens with zero attached hydrogens (tertiary/aromatic N) is 3. The zero-order chi connectivity index (χ0) is 12.0. The Morgan fingerprint density at radius 2 is 2.12 bits per heavy atom. The third kappa shape index (κ3) is 1.63.